The SMILES string of the molecule is COc1ccnc(NC(=O)Cc2ccc(C)c(C)c2)c1. The van der Waals surface area contributed by atoms with Crippen LogP contribution in [0.1, 0.15) is 16.7 Å². The topological polar surface area (TPSA) is 51.2 Å². The molecule has 20 heavy (non-hydrogen) atoms. The number of rotatable bonds is 4. The third-order valence-electron chi connectivity index (χ3n) is 3.17. The van der Waals surface area contributed by atoms with Crippen molar-refractivity contribution < 1.29 is 9.53 Å². The molecular weight excluding hydrogens is 252 g/mol. The molecule has 1 heterocycles. The van der Waals surface area contributed by atoms with Crippen molar-refractivity contribution in [1.82, 2.24) is 4.98 Å². The highest BCUT2D eigenvalue weighted by Crippen LogP contribution is 2.15. The van der Waals surface area contributed by atoms with Gasteiger partial charge < -0.3 is 10.1 Å². The number of nitrogens with one attached hydrogen (secondary N) is 1. The number of nitrogens with zero attached hydrogens (tertiary/aromatic N) is 1. The summed E-state index contributed by atoms with van der Waals surface area (Å²) in [5.74, 6) is 1.08. The van der Waals surface area contributed by atoms with E-state index in [0.717, 1.165) is 5.56 Å². The minimum absolute atomic E-state index is 0.0889. The molecule has 2 aromatic rings. The standard InChI is InChI=1S/C16H18N2O2/c1-11-4-5-13(8-12(11)2)9-16(19)18-15-10-14(20-3)6-7-17-15/h4-8,10H,9H2,1-3H3,(H,17,18,19). The summed E-state index contributed by atoms with van der Waals surface area (Å²) in [7, 11) is 1.58. The first kappa shape index (κ1) is 14.1. The Kier molecular flexibility index (Phi) is 4.35. The van der Waals surface area contributed by atoms with Crippen molar-refractivity contribution in [2.24, 2.45) is 0 Å². The molecule has 0 spiro atoms. The Morgan fingerprint density at radius 2 is 2.00 bits per heavy atom. The van der Waals surface area contributed by atoms with Crippen LogP contribution in [0.5, 0.6) is 5.75 Å². The average Bonchev–Trinajstić information content (AvgIpc) is 2.43. The van der Waals surface area contributed by atoms with Gasteiger partial charge in [0.2, 0.25) is 5.91 Å². The van der Waals surface area contributed by atoms with Gasteiger partial charge in [-0.2, -0.15) is 0 Å². The van der Waals surface area contributed by atoms with Gasteiger partial charge in [0.1, 0.15) is 11.6 Å². The normalized spacial score (nSPS) is 10.2. The van der Waals surface area contributed by atoms with Gasteiger partial charge in [-0.25, -0.2) is 4.98 Å². The zero-order valence-electron chi connectivity index (χ0n) is 11.9. The monoisotopic (exact) mass is 270 g/mol. The van der Waals surface area contributed by atoms with Crippen LogP contribution in [0.25, 0.3) is 0 Å². The fraction of sp³-hybridized carbons (Fsp3) is 0.250. The van der Waals surface area contributed by atoms with E-state index in [9.17, 15) is 4.79 Å². The van der Waals surface area contributed by atoms with Crippen molar-refractivity contribution in [3.8, 4) is 5.75 Å². The van der Waals surface area contributed by atoms with Crippen LogP contribution in [0.15, 0.2) is 36.5 Å². The molecule has 0 fully saturated rings. The van der Waals surface area contributed by atoms with E-state index in [4.69, 9.17) is 4.74 Å². The molecule has 0 atom stereocenters. The van der Waals surface area contributed by atoms with Gasteiger partial charge in [0, 0.05) is 12.3 Å². The predicted molar refractivity (Wildman–Crippen MR) is 79.0 cm³/mol. The molecule has 0 radical (unpaired) electrons. The maximum atomic E-state index is 12.0. The van der Waals surface area contributed by atoms with Gasteiger partial charge in [-0.15, -0.1) is 0 Å². The first-order valence-electron chi connectivity index (χ1n) is 6.44. The van der Waals surface area contributed by atoms with Gasteiger partial charge in [0.05, 0.1) is 13.5 Å². The van der Waals surface area contributed by atoms with Crippen molar-refractivity contribution in [3.63, 3.8) is 0 Å². The smallest absolute Gasteiger partial charge is 0.229 e. The third-order valence-corrected chi connectivity index (χ3v) is 3.17. The van der Waals surface area contributed by atoms with E-state index in [-0.39, 0.29) is 5.91 Å². The summed E-state index contributed by atoms with van der Waals surface area (Å²) in [6, 6.07) is 9.47. The number of pyridine rings is 1. The third kappa shape index (κ3) is 3.57. The maximum absolute atomic E-state index is 12.0. The molecule has 4 heteroatoms. The zero-order chi connectivity index (χ0) is 14.5. The summed E-state index contributed by atoms with van der Waals surface area (Å²) in [5.41, 5.74) is 3.41. The van der Waals surface area contributed by atoms with Gasteiger partial charge in [0.25, 0.3) is 0 Å². The molecule has 1 amide bonds. The van der Waals surface area contributed by atoms with Crippen molar-refractivity contribution in [3.05, 3.63) is 53.2 Å². The second-order valence-electron chi connectivity index (χ2n) is 4.72. The number of hydrogen-bond donors (Lipinski definition) is 1. The molecular formula is C16H18N2O2. The Morgan fingerprint density at radius 1 is 1.20 bits per heavy atom. The van der Waals surface area contributed by atoms with Crippen LogP contribution in [0.3, 0.4) is 0 Å². The van der Waals surface area contributed by atoms with E-state index < -0.39 is 0 Å². The molecule has 0 unspecified atom stereocenters. The summed E-state index contributed by atoms with van der Waals surface area (Å²) in [5, 5.41) is 2.77. The first-order valence-corrected chi connectivity index (χ1v) is 6.44. The second kappa shape index (κ2) is 6.19. The summed E-state index contributed by atoms with van der Waals surface area (Å²) >= 11 is 0. The number of benzene rings is 1. The Balaban J connectivity index is 2.03. The number of aryl methyl sites for hydroxylation is 2. The van der Waals surface area contributed by atoms with Crippen LogP contribution >= 0.6 is 0 Å². The minimum atomic E-state index is -0.0889. The van der Waals surface area contributed by atoms with Crippen molar-refractivity contribution in [1.29, 1.82) is 0 Å². The largest absolute Gasteiger partial charge is 0.497 e. The van der Waals surface area contributed by atoms with Gasteiger partial charge in [-0.3, -0.25) is 4.79 Å². The molecule has 0 aliphatic rings. The fourth-order valence-corrected chi connectivity index (χ4v) is 1.89. The van der Waals surface area contributed by atoms with Crippen LogP contribution in [-0.4, -0.2) is 18.0 Å². The molecule has 1 aromatic heterocycles. The Bertz CT molecular complexity index is 624. The highest BCUT2D eigenvalue weighted by molar-refractivity contribution is 5.91. The number of anilines is 1. The number of aromatic nitrogens is 1. The summed E-state index contributed by atoms with van der Waals surface area (Å²) in [6.45, 7) is 4.10. The number of carbonyl (C=O) groups is 1. The Hall–Kier alpha value is -2.36. The predicted octanol–water partition coefficient (Wildman–Crippen LogP) is 2.89. The minimum Gasteiger partial charge on any atom is -0.497 e. The Labute approximate surface area is 118 Å². The molecule has 1 aromatic carbocycles. The quantitative estimate of drug-likeness (QED) is 0.929. The maximum Gasteiger partial charge on any atom is 0.229 e. The zero-order valence-corrected chi connectivity index (χ0v) is 11.9. The van der Waals surface area contributed by atoms with E-state index in [2.05, 4.69) is 17.2 Å². The van der Waals surface area contributed by atoms with Gasteiger partial charge >= 0.3 is 0 Å². The van der Waals surface area contributed by atoms with Crippen LogP contribution in [0.2, 0.25) is 0 Å². The number of hydrogen-bond acceptors (Lipinski definition) is 3. The average molecular weight is 270 g/mol. The summed E-state index contributed by atoms with van der Waals surface area (Å²) in [4.78, 5) is 16.1. The number of ether oxygens (including phenoxy) is 1. The highest BCUT2D eigenvalue weighted by Gasteiger charge is 2.06. The molecule has 1 N–H and O–H groups in total. The lowest BCUT2D eigenvalue weighted by Crippen LogP contribution is -2.15. The van der Waals surface area contributed by atoms with E-state index >= 15 is 0 Å². The lowest BCUT2D eigenvalue weighted by atomic mass is 10.0. The van der Waals surface area contributed by atoms with E-state index in [0.29, 0.717) is 18.0 Å². The number of methoxy groups -OCH3 is 1. The fourth-order valence-electron chi connectivity index (χ4n) is 1.89. The first-order chi connectivity index (χ1) is 9.58. The Morgan fingerprint density at radius 3 is 2.70 bits per heavy atom. The molecule has 104 valence electrons. The second-order valence-corrected chi connectivity index (χ2v) is 4.72. The van der Waals surface area contributed by atoms with Crippen LogP contribution in [0.4, 0.5) is 5.82 Å². The molecule has 4 nitrogen and oxygen atoms in total. The highest BCUT2D eigenvalue weighted by atomic mass is 16.5. The van der Waals surface area contributed by atoms with Crippen LogP contribution in [-0.2, 0) is 11.2 Å². The van der Waals surface area contributed by atoms with Crippen molar-refractivity contribution >= 4 is 11.7 Å². The molecule has 0 saturated carbocycles. The molecule has 0 aliphatic carbocycles. The molecule has 0 aliphatic heterocycles. The lowest BCUT2D eigenvalue weighted by Gasteiger charge is -2.07. The van der Waals surface area contributed by atoms with Crippen molar-refractivity contribution in [2.45, 2.75) is 20.3 Å². The van der Waals surface area contributed by atoms with Gasteiger partial charge in [0.15, 0.2) is 0 Å². The molecule has 0 bridgehead atoms. The van der Waals surface area contributed by atoms with Gasteiger partial charge in [-0.1, -0.05) is 18.2 Å². The molecule has 0 saturated heterocycles. The van der Waals surface area contributed by atoms with Gasteiger partial charge in [-0.05, 0) is 36.6 Å². The van der Waals surface area contributed by atoms with Crippen LogP contribution < -0.4 is 10.1 Å². The van der Waals surface area contributed by atoms with E-state index in [1.165, 1.54) is 11.1 Å². The number of amides is 1. The van der Waals surface area contributed by atoms with E-state index in [1.807, 2.05) is 25.1 Å². The summed E-state index contributed by atoms with van der Waals surface area (Å²) < 4.78 is 5.09. The number of carbonyl (C=O) groups excluding carboxylic acids is 1. The van der Waals surface area contributed by atoms with Crippen molar-refractivity contribution in [2.75, 3.05) is 12.4 Å². The summed E-state index contributed by atoms with van der Waals surface area (Å²) in [6.07, 6.45) is 1.94. The van der Waals surface area contributed by atoms with E-state index in [1.54, 1.807) is 25.4 Å². The lowest BCUT2D eigenvalue weighted by molar-refractivity contribution is -0.115. The van der Waals surface area contributed by atoms with Crippen LogP contribution in [0, 0.1) is 13.8 Å². The molecule has 2 rings (SSSR count).